The van der Waals surface area contributed by atoms with Crippen LogP contribution in [0.25, 0.3) is 17.0 Å². The molecule has 0 saturated carbocycles. The lowest BCUT2D eigenvalue weighted by atomic mass is 10.0. The third-order valence-electron chi connectivity index (χ3n) is 5.56. The molecular formula is C25H35N3S. The highest BCUT2D eigenvalue weighted by Gasteiger charge is 2.16. The van der Waals surface area contributed by atoms with Crippen molar-refractivity contribution < 1.29 is 0 Å². The summed E-state index contributed by atoms with van der Waals surface area (Å²) in [5.41, 5.74) is 3.88. The number of thioether (sulfide) groups is 1. The molecule has 0 spiro atoms. The molecule has 3 nitrogen and oxygen atoms in total. The van der Waals surface area contributed by atoms with Crippen LogP contribution < -0.4 is 0 Å². The Morgan fingerprint density at radius 1 is 0.931 bits per heavy atom. The van der Waals surface area contributed by atoms with Gasteiger partial charge in [-0.15, -0.1) is 22.0 Å². The van der Waals surface area contributed by atoms with Crippen LogP contribution in [0.3, 0.4) is 0 Å². The largest absolute Gasteiger partial charge is 0.310 e. The Labute approximate surface area is 180 Å². The Balaban J connectivity index is 1.74. The Morgan fingerprint density at radius 2 is 1.69 bits per heavy atom. The van der Waals surface area contributed by atoms with Crippen molar-refractivity contribution in [3.8, 4) is 11.4 Å². The van der Waals surface area contributed by atoms with E-state index in [9.17, 15) is 0 Å². The van der Waals surface area contributed by atoms with Gasteiger partial charge in [-0.05, 0) is 53.9 Å². The number of unbranched alkanes of at least 4 members (excludes halogenated alkanes) is 3. The van der Waals surface area contributed by atoms with Gasteiger partial charge in [0.15, 0.2) is 11.6 Å². The fourth-order valence-corrected chi connectivity index (χ4v) is 4.76. The first-order valence-electron chi connectivity index (χ1n) is 11.2. The minimum atomic E-state index is 0.953. The van der Waals surface area contributed by atoms with Gasteiger partial charge >= 0.3 is 0 Å². The van der Waals surface area contributed by atoms with Crippen LogP contribution in [0.4, 0.5) is 0 Å². The molecule has 29 heavy (non-hydrogen) atoms. The zero-order chi connectivity index (χ0) is 20.5. The van der Waals surface area contributed by atoms with Crippen LogP contribution in [0.5, 0.6) is 0 Å². The summed E-state index contributed by atoms with van der Waals surface area (Å²) in [4.78, 5) is 1.47. The normalized spacial score (nSPS) is 18.4. The summed E-state index contributed by atoms with van der Waals surface area (Å²) in [7, 11) is 2.10. The van der Waals surface area contributed by atoms with E-state index >= 15 is 0 Å². The predicted octanol–water partition coefficient (Wildman–Crippen LogP) is 7.20. The van der Waals surface area contributed by atoms with Crippen molar-refractivity contribution in [1.82, 2.24) is 14.8 Å². The molecule has 0 N–H and O–H groups in total. The number of hydrogen-bond acceptors (Lipinski definition) is 3. The molecule has 1 aromatic heterocycles. The van der Waals surface area contributed by atoms with Crippen molar-refractivity contribution in [3.05, 3.63) is 52.7 Å². The molecule has 156 valence electrons. The molecule has 2 aromatic rings. The zero-order valence-corrected chi connectivity index (χ0v) is 19.1. The van der Waals surface area contributed by atoms with Crippen LogP contribution >= 0.6 is 11.8 Å². The first kappa shape index (κ1) is 21.9. The first-order chi connectivity index (χ1) is 14.2. The number of rotatable bonds is 9. The van der Waals surface area contributed by atoms with Crippen LogP contribution in [-0.4, -0.2) is 20.5 Å². The monoisotopic (exact) mass is 409 g/mol. The molecule has 1 aliphatic carbocycles. The predicted molar refractivity (Wildman–Crippen MR) is 127 cm³/mol. The standard InChI is InChI=1S/C25H35N3S/c1-4-6-7-9-12-20-15-17-21(18-16-20)24-26-27-25(28(24)3)22-13-10-8-11-14-23(19-22)29-5-2/h13-18H,4-12,19H2,1-3H3/b22-13+,23-14+. The van der Waals surface area contributed by atoms with Crippen LogP contribution in [0.2, 0.25) is 0 Å². The van der Waals surface area contributed by atoms with E-state index in [1.807, 2.05) is 11.8 Å². The summed E-state index contributed by atoms with van der Waals surface area (Å²) in [6.45, 7) is 4.48. The smallest absolute Gasteiger partial charge is 0.163 e. The van der Waals surface area contributed by atoms with Crippen LogP contribution in [0.15, 0.2) is 41.3 Å². The van der Waals surface area contributed by atoms with Gasteiger partial charge in [0.2, 0.25) is 0 Å². The molecule has 0 fully saturated rings. The third kappa shape index (κ3) is 6.08. The van der Waals surface area contributed by atoms with Gasteiger partial charge in [-0.2, -0.15) is 0 Å². The molecular weight excluding hydrogens is 374 g/mol. The third-order valence-corrected chi connectivity index (χ3v) is 6.53. The number of aromatic nitrogens is 3. The van der Waals surface area contributed by atoms with Gasteiger partial charge in [0.05, 0.1) is 0 Å². The Morgan fingerprint density at radius 3 is 2.45 bits per heavy atom. The summed E-state index contributed by atoms with van der Waals surface area (Å²) in [5.74, 6) is 3.08. The molecule has 0 bridgehead atoms. The highest BCUT2D eigenvalue weighted by atomic mass is 32.2. The molecule has 4 heteroatoms. The fraction of sp³-hybridized carbons (Fsp3) is 0.520. The maximum Gasteiger partial charge on any atom is 0.163 e. The molecule has 1 aromatic carbocycles. The summed E-state index contributed by atoms with van der Waals surface area (Å²) in [6.07, 6.45) is 15.7. The van der Waals surface area contributed by atoms with Gasteiger partial charge in [0, 0.05) is 19.0 Å². The van der Waals surface area contributed by atoms with E-state index in [-0.39, 0.29) is 0 Å². The fourth-order valence-electron chi connectivity index (χ4n) is 3.89. The van der Waals surface area contributed by atoms with E-state index in [0.717, 1.165) is 35.8 Å². The number of hydrogen-bond donors (Lipinski definition) is 0. The van der Waals surface area contributed by atoms with Gasteiger partial charge < -0.3 is 4.57 Å². The van der Waals surface area contributed by atoms with Crippen molar-refractivity contribution in [1.29, 1.82) is 0 Å². The summed E-state index contributed by atoms with van der Waals surface area (Å²) in [5, 5.41) is 9.13. The second-order valence-corrected chi connectivity index (χ2v) is 9.24. The number of benzene rings is 1. The molecule has 0 radical (unpaired) electrons. The molecule has 0 atom stereocenters. The Kier molecular flexibility index (Phi) is 8.60. The highest BCUT2D eigenvalue weighted by molar-refractivity contribution is 8.03. The lowest BCUT2D eigenvalue weighted by molar-refractivity contribution is 0.667. The maximum absolute atomic E-state index is 4.58. The average Bonchev–Trinajstić information content (AvgIpc) is 3.09. The number of nitrogens with zero attached hydrogens (tertiary/aromatic N) is 3. The first-order valence-corrected chi connectivity index (χ1v) is 12.2. The number of allylic oxidation sites excluding steroid dienone is 4. The topological polar surface area (TPSA) is 30.7 Å². The van der Waals surface area contributed by atoms with E-state index in [1.54, 1.807) is 0 Å². The summed E-state index contributed by atoms with van der Waals surface area (Å²) < 4.78 is 2.16. The zero-order valence-electron chi connectivity index (χ0n) is 18.3. The van der Waals surface area contributed by atoms with Crippen LogP contribution in [0.1, 0.15) is 76.6 Å². The quantitative estimate of drug-likeness (QED) is 0.410. The molecule has 3 rings (SSSR count). The average molecular weight is 410 g/mol. The molecule has 1 aliphatic rings. The van der Waals surface area contributed by atoms with Crippen LogP contribution in [0, 0.1) is 0 Å². The minimum absolute atomic E-state index is 0.953. The van der Waals surface area contributed by atoms with Gasteiger partial charge in [-0.25, -0.2) is 0 Å². The Bertz CT molecular complexity index is 830. The van der Waals surface area contributed by atoms with E-state index in [2.05, 4.69) is 72.1 Å². The van der Waals surface area contributed by atoms with Gasteiger partial charge in [0.1, 0.15) is 0 Å². The molecule has 1 heterocycles. The number of aryl methyl sites for hydroxylation is 1. The van der Waals surface area contributed by atoms with Crippen molar-refractivity contribution >= 4 is 17.3 Å². The molecule has 0 amide bonds. The minimum Gasteiger partial charge on any atom is -0.310 e. The SMILES string of the molecule is CCCCCCc1ccc(-c2nnc(/C3=C/CCC/C=C(/SCC)C3)n2C)cc1. The molecule has 0 saturated heterocycles. The maximum atomic E-state index is 4.58. The van der Waals surface area contributed by atoms with Gasteiger partial charge in [-0.3, -0.25) is 0 Å². The second kappa shape index (κ2) is 11.4. The van der Waals surface area contributed by atoms with Crippen molar-refractivity contribution in [2.45, 2.75) is 71.6 Å². The summed E-state index contributed by atoms with van der Waals surface area (Å²) in [6, 6.07) is 8.91. The Hall–Kier alpha value is -1.81. The van der Waals surface area contributed by atoms with Crippen LogP contribution in [-0.2, 0) is 13.5 Å². The van der Waals surface area contributed by atoms with E-state index in [1.165, 1.54) is 61.0 Å². The van der Waals surface area contributed by atoms with E-state index in [0.29, 0.717) is 0 Å². The van der Waals surface area contributed by atoms with Crippen molar-refractivity contribution in [2.75, 3.05) is 5.75 Å². The van der Waals surface area contributed by atoms with Crippen molar-refractivity contribution in [2.24, 2.45) is 7.05 Å². The second-order valence-electron chi connectivity index (χ2n) is 7.85. The summed E-state index contributed by atoms with van der Waals surface area (Å²) >= 11 is 1.96. The molecule has 0 unspecified atom stereocenters. The highest BCUT2D eigenvalue weighted by Crippen LogP contribution is 2.32. The van der Waals surface area contributed by atoms with Gasteiger partial charge in [-0.1, -0.05) is 69.5 Å². The lowest BCUT2D eigenvalue weighted by Crippen LogP contribution is -2.01. The lowest BCUT2D eigenvalue weighted by Gasteiger charge is -2.13. The van der Waals surface area contributed by atoms with E-state index < -0.39 is 0 Å². The molecule has 0 aliphatic heterocycles. The van der Waals surface area contributed by atoms with Gasteiger partial charge in [0.25, 0.3) is 0 Å². The van der Waals surface area contributed by atoms with E-state index in [4.69, 9.17) is 0 Å². The van der Waals surface area contributed by atoms with Crippen molar-refractivity contribution in [3.63, 3.8) is 0 Å².